The average molecular weight is 313 g/mol. The van der Waals surface area contributed by atoms with E-state index in [4.69, 9.17) is 16.0 Å². The number of hydrogen-bond donors (Lipinski definition) is 2. The number of amides is 1. The van der Waals surface area contributed by atoms with Crippen LogP contribution in [0.5, 0.6) is 0 Å². The van der Waals surface area contributed by atoms with Crippen LogP contribution in [0.1, 0.15) is 51.9 Å². The Hall–Kier alpha value is -1.79. The van der Waals surface area contributed by atoms with Gasteiger partial charge in [-0.1, -0.05) is 11.5 Å². The Morgan fingerprint density at radius 1 is 1.27 bits per heavy atom. The molecule has 0 aliphatic heterocycles. The molecule has 22 heavy (non-hydrogen) atoms. The summed E-state index contributed by atoms with van der Waals surface area (Å²) in [4.78, 5) is 25.5. The highest BCUT2D eigenvalue weighted by atomic mass is 16.5. The molecule has 0 unspecified atom stereocenters. The summed E-state index contributed by atoms with van der Waals surface area (Å²) in [7, 11) is 0. The van der Waals surface area contributed by atoms with E-state index in [1.54, 1.807) is 6.92 Å². The lowest BCUT2D eigenvalue weighted by molar-refractivity contribution is -0.144. The summed E-state index contributed by atoms with van der Waals surface area (Å²) in [5.74, 6) is -0.342. The zero-order valence-corrected chi connectivity index (χ0v) is 13.3. The van der Waals surface area contributed by atoms with Gasteiger partial charge < -0.3 is 15.8 Å². The lowest BCUT2D eigenvalue weighted by Crippen LogP contribution is -2.32. The van der Waals surface area contributed by atoms with E-state index < -0.39 is 6.04 Å². The number of carbonyl (C=O) groups excluding carboxylic acids is 2. The van der Waals surface area contributed by atoms with Crippen LogP contribution in [0.4, 0.5) is 0 Å². The quantitative estimate of drug-likeness (QED) is 0.177. The first-order chi connectivity index (χ1) is 10.6. The maximum absolute atomic E-state index is 11.5. The number of nitrogens with zero attached hydrogens (tertiary/aromatic N) is 3. The Balaban J connectivity index is 3.45. The number of rotatable bonds is 13. The van der Waals surface area contributed by atoms with Crippen molar-refractivity contribution in [1.82, 2.24) is 5.32 Å². The first-order valence-corrected chi connectivity index (χ1v) is 7.81. The van der Waals surface area contributed by atoms with Gasteiger partial charge in [0.2, 0.25) is 5.91 Å². The summed E-state index contributed by atoms with van der Waals surface area (Å²) in [6.07, 6.45) is 5.08. The molecular formula is C14H27N5O3. The van der Waals surface area contributed by atoms with Gasteiger partial charge in [-0.25, -0.2) is 0 Å². The molecule has 0 saturated carbocycles. The van der Waals surface area contributed by atoms with Gasteiger partial charge in [-0.3, -0.25) is 9.59 Å². The average Bonchev–Trinajstić information content (AvgIpc) is 2.50. The fourth-order valence-corrected chi connectivity index (χ4v) is 1.86. The van der Waals surface area contributed by atoms with Crippen molar-refractivity contribution in [3.8, 4) is 0 Å². The molecule has 0 aromatic heterocycles. The number of nitrogens with two attached hydrogens (primary N) is 1. The fraction of sp³-hybridized carbons (Fsp3) is 0.857. The standard InChI is InChI=1S/C14H27N5O3/c1-2-22-14(21)12(15)8-5-7-10-17-13(20)9-4-3-6-11-18-19-16/h12H,2-11,15H2,1H3,(H,17,20)/t12-/m0/s1. The molecule has 0 spiro atoms. The van der Waals surface area contributed by atoms with Crippen LogP contribution >= 0.6 is 0 Å². The molecule has 0 aliphatic carbocycles. The minimum Gasteiger partial charge on any atom is -0.465 e. The van der Waals surface area contributed by atoms with Gasteiger partial charge in [-0.2, -0.15) is 0 Å². The minimum atomic E-state index is -0.577. The first-order valence-electron chi connectivity index (χ1n) is 7.81. The lowest BCUT2D eigenvalue weighted by atomic mass is 10.1. The third-order valence-electron chi connectivity index (χ3n) is 3.08. The molecule has 0 aromatic rings. The number of azide groups is 1. The molecule has 0 aliphatic rings. The Kier molecular flexibility index (Phi) is 13.0. The van der Waals surface area contributed by atoms with Crippen LogP contribution in [0, 0.1) is 0 Å². The molecule has 1 amide bonds. The van der Waals surface area contributed by atoms with Crippen LogP contribution in [-0.2, 0) is 14.3 Å². The predicted molar refractivity (Wildman–Crippen MR) is 84.0 cm³/mol. The SMILES string of the molecule is CCOC(=O)[C@@H](N)CCCCNC(=O)CCCCCN=[N+]=[N-]. The van der Waals surface area contributed by atoms with Crippen LogP contribution in [-0.4, -0.2) is 37.6 Å². The number of ether oxygens (including phenoxy) is 1. The molecule has 0 radical (unpaired) electrons. The maximum Gasteiger partial charge on any atom is 0.322 e. The molecule has 8 heteroatoms. The monoisotopic (exact) mass is 313 g/mol. The molecule has 0 aromatic carbocycles. The molecule has 126 valence electrons. The summed E-state index contributed by atoms with van der Waals surface area (Å²) >= 11 is 0. The van der Waals surface area contributed by atoms with E-state index in [0.29, 0.717) is 32.5 Å². The maximum atomic E-state index is 11.5. The number of carbonyl (C=O) groups is 2. The number of nitrogens with one attached hydrogen (secondary N) is 1. The molecule has 0 bridgehead atoms. The topological polar surface area (TPSA) is 130 Å². The van der Waals surface area contributed by atoms with Gasteiger partial charge in [-0.05, 0) is 44.6 Å². The molecule has 1 atom stereocenters. The van der Waals surface area contributed by atoms with E-state index >= 15 is 0 Å². The van der Waals surface area contributed by atoms with Crippen LogP contribution in [0.25, 0.3) is 10.4 Å². The second-order valence-corrected chi connectivity index (χ2v) is 4.97. The van der Waals surface area contributed by atoms with Crippen molar-refractivity contribution < 1.29 is 14.3 Å². The lowest BCUT2D eigenvalue weighted by Gasteiger charge is -2.10. The van der Waals surface area contributed by atoms with Crippen LogP contribution in [0.15, 0.2) is 5.11 Å². The molecule has 0 heterocycles. The Bertz CT molecular complexity index is 369. The van der Waals surface area contributed by atoms with Crippen molar-refractivity contribution in [2.45, 2.75) is 57.9 Å². The first kappa shape index (κ1) is 20.2. The zero-order chi connectivity index (χ0) is 16.6. The summed E-state index contributed by atoms with van der Waals surface area (Å²) in [5, 5.41) is 6.27. The molecular weight excluding hydrogens is 286 g/mol. The molecule has 0 saturated heterocycles. The second kappa shape index (κ2) is 14.2. The smallest absolute Gasteiger partial charge is 0.322 e. The minimum absolute atomic E-state index is 0.0264. The third kappa shape index (κ3) is 12.0. The summed E-state index contributed by atoms with van der Waals surface area (Å²) in [6, 6.07) is -0.577. The van der Waals surface area contributed by atoms with E-state index in [0.717, 1.165) is 32.1 Å². The Morgan fingerprint density at radius 2 is 2.05 bits per heavy atom. The molecule has 0 fully saturated rings. The van der Waals surface area contributed by atoms with Gasteiger partial charge in [0, 0.05) is 24.4 Å². The van der Waals surface area contributed by atoms with E-state index in [1.807, 2.05) is 0 Å². The normalized spacial score (nSPS) is 11.4. The predicted octanol–water partition coefficient (Wildman–Crippen LogP) is 2.03. The van der Waals surface area contributed by atoms with Crippen molar-refractivity contribution >= 4 is 11.9 Å². The van der Waals surface area contributed by atoms with Crippen molar-refractivity contribution in [2.24, 2.45) is 10.8 Å². The molecule has 0 rings (SSSR count). The van der Waals surface area contributed by atoms with Crippen LogP contribution < -0.4 is 11.1 Å². The summed E-state index contributed by atoms with van der Waals surface area (Å²) < 4.78 is 4.82. The molecule has 8 nitrogen and oxygen atoms in total. The van der Waals surface area contributed by atoms with Crippen molar-refractivity contribution in [1.29, 1.82) is 0 Å². The van der Waals surface area contributed by atoms with Gasteiger partial charge in [0.05, 0.1) is 6.61 Å². The van der Waals surface area contributed by atoms with Crippen molar-refractivity contribution in [3.05, 3.63) is 10.4 Å². The van der Waals surface area contributed by atoms with Gasteiger partial charge in [0.1, 0.15) is 6.04 Å². The van der Waals surface area contributed by atoms with Gasteiger partial charge >= 0.3 is 5.97 Å². The molecule has 3 N–H and O–H groups in total. The second-order valence-electron chi connectivity index (χ2n) is 4.97. The van der Waals surface area contributed by atoms with E-state index in [9.17, 15) is 9.59 Å². The number of hydrogen-bond acceptors (Lipinski definition) is 5. The van der Waals surface area contributed by atoms with E-state index in [1.165, 1.54) is 0 Å². The summed E-state index contributed by atoms with van der Waals surface area (Å²) in [6.45, 7) is 3.16. The highest BCUT2D eigenvalue weighted by Gasteiger charge is 2.13. The Morgan fingerprint density at radius 3 is 2.73 bits per heavy atom. The van der Waals surface area contributed by atoms with Gasteiger partial charge in [0.25, 0.3) is 0 Å². The highest BCUT2D eigenvalue weighted by Crippen LogP contribution is 2.02. The largest absolute Gasteiger partial charge is 0.465 e. The zero-order valence-electron chi connectivity index (χ0n) is 13.3. The number of unbranched alkanes of at least 4 members (excludes halogenated alkanes) is 3. The van der Waals surface area contributed by atoms with Gasteiger partial charge in [0.15, 0.2) is 0 Å². The van der Waals surface area contributed by atoms with Crippen LogP contribution in [0.2, 0.25) is 0 Å². The van der Waals surface area contributed by atoms with E-state index in [-0.39, 0.29) is 11.9 Å². The third-order valence-corrected chi connectivity index (χ3v) is 3.08. The highest BCUT2D eigenvalue weighted by molar-refractivity contribution is 5.76. The van der Waals surface area contributed by atoms with E-state index in [2.05, 4.69) is 15.3 Å². The van der Waals surface area contributed by atoms with Crippen molar-refractivity contribution in [3.63, 3.8) is 0 Å². The summed E-state index contributed by atoms with van der Waals surface area (Å²) in [5.41, 5.74) is 13.8. The Labute approximate surface area is 131 Å². The number of esters is 1. The fourth-order valence-electron chi connectivity index (χ4n) is 1.86. The van der Waals surface area contributed by atoms with Crippen molar-refractivity contribution in [2.75, 3.05) is 19.7 Å². The van der Waals surface area contributed by atoms with Crippen LogP contribution in [0.3, 0.4) is 0 Å². The van der Waals surface area contributed by atoms with Gasteiger partial charge in [-0.15, -0.1) is 0 Å².